The lowest BCUT2D eigenvalue weighted by Crippen LogP contribution is -2.13. The van der Waals surface area contributed by atoms with Crippen LogP contribution in [0.5, 0.6) is 0 Å². The van der Waals surface area contributed by atoms with Crippen molar-refractivity contribution in [2.45, 2.75) is 26.2 Å². The van der Waals surface area contributed by atoms with Gasteiger partial charge in [-0.2, -0.15) is 26.3 Å². The molecule has 0 bridgehead atoms. The van der Waals surface area contributed by atoms with E-state index < -0.39 is 23.5 Å². The monoisotopic (exact) mass is 307 g/mol. The highest BCUT2D eigenvalue weighted by Crippen LogP contribution is 2.37. The zero-order valence-corrected chi connectivity index (χ0v) is 11.1. The van der Waals surface area contributed by atoms with Crippen LogP contribution in [0.25, 0.3) is 5.69 Å². The summed E-state index contributed by atoms with van der Waals surface area (Å²) < 4.78 is 78.2. The second-order valence-electron chi connectivity index (χ2n) is 4.72. The molecule has 1 aromatic heterocycles. The molecule has 0 saturated heterocycles. The highest BCUT2D eigenvalue weighted by molar-refractivity contribution is 5.45. The fourth-order valence-electron chi connectivity index (χ4n) is 2.14. The van der Waals surface area contributed by atoms with Gasteiger partial charge in [0.25, 0.3) is 0 Å². The van der Waals surface area contributed by atoms with Crippen LogP contribution in [0.15, 0.2) is 30.3 Å². The third-order valence-corrected chi connectivity index (χ3v) is 3.10. The lowest BCUT2D eigenvalue weighted by atomic mass is 10.1. The van der Waals surface area contributed by atoms with Gasteiger partial charge in [-0.05, 0) is 44.2 Å². The van der Waals surface area contributed by atoms with E-state index in [0.717, 1.165) is 12.1 Å². The summed E-state index contributed by atoms with van der Waals surface area (Å²) in [6.07, 6.45) is -9.68. The van der Waals surface area contributed by atoms with Crippen molar-refractivity contribution >= 4 is 0 Å². The maximum Gasteiger partial charge on any atom is 0.416 e. The van der Waals surface area contributed by atoms with E-state index in [4.69, 9.17) is 0 Å². The van der Waals surface area contributed by atoms with Gasteiger partial charge in [-0.1, -0.05) is 0 Å². The van der Waals surface area contributed by atoms with Crippen LogP contribution in [0.4, 0.5) is 26.3 Å². The number of halogens is 6. The van der Waals surface area contributed by atoms with E-state index in [1.165, 1.54) is 4.57 Å². The molecule has 2 rings (SSSR count). The minimum absolute atomic E-state index is 0.123. The van der Waals surface area contributed by atoms with E-state index in [9.17, 15) is 26.3 Å². The summed E-state index contributed by atoms with van der Waals surface area (Å²) in [4.78, 5) is 0. The predicted molar refractivity (Wildman–Crippen MR) is 65.2 cm³/mol. The molecule has 2 aromatic rings. The zero-order valence-electron chi connectivity index (χ0n) is 11.1. The number of hydrogen-bond acceptors (Lipinski definition) is 0. The average molecular weight is 307 g/mol. The van der Waals surface area contributed by atoms with Crippen molar-refractivity contribution in [2.24, 2.45) is 0 Å². The van der Waals surface area contributed by atoms with Crippen LogP contribution >= 0.6 is 0 Å². The smallest absolute Gasteiger partial charge is 0.318 e. The average Bonchev–Trinajstić information content (AvgIpc) is 2.66. The van der Waals surface area contributed by atoms with Crippen LogP contribution in [-0.4, -0.2) is 4.57 Å². The zero-order chi connectivity index (χ0) is 16.0. The molecule has 0 aliphatic carbocycles. The summed E-state index contributed by atoms with van der Waals surface area (Å²) in [6, 6.07) is 4.81. The van der Waals surface area contributed by atoms with Crippen LogP contribution in [0.3, 0.4) is 0 Å². The molecule has 1 aromatic carbocycles. The Morgan fingerprint density at radius 3 is 1.43 bits per heavy atom. The fraction of sp³-hybridized carbons (Fsp3) is 0.286. The number of hydrogen-bond donors (Lipinski definition) is 0. The lowest BCUT2D eigenvalue weighted by Gasteiger charge is -2.16. The molecule has 0 amide bonds. The number of aromatic nitrogens is 1. The van der Waals surface area contributed by atoms with Crippen molar-refractivity contribution in [1.82, 2.24) is 4.57 Å². The maximum absolute atomic E-state index is 12.8. The van der Waals surface area contributed by atoms with E-state index >= 15 is 0 Å². The lowest BCUT2D eigenvalue weighted by molar-refractivity contribution is -0.143. The Morgan fingerprint density at radius 2 is 1.10 bits per heavy atom. The number of alkyl halides is 6. The first kappa shape index (κ1) is 15.5. The Morgan fingerprint density at radius 1 is 0.714 bits per heavy atom. The van der Waals surface area contributed by atoms with E-state index in [1.807, 2.05) is 0 Å². The van der Waals surface area contributed by atoms with Crippen molar-refractivity contribution in [3.8, 4) is 5.69 Å². The van der Waals surface area contributed by atoms with Crippen LogP contribution in [0.1, 0.15) is 22.5 Å². The van der Waals surface area contributed by atoms with E-state index in [2.05, 4.69) is 0 Å². The van der Waals surface area contributed by atoms with Crippen molar-refractivity contribution < 1.29 is 26.3 Å². The second-order valence-corrected chi connectivity index (χ2v) is 4.72. The summed E-state index contributed by atoms with van der Waals surface area (Å²) >= 11 is 0. The Hall–Kier alpha value is -1.92. The van der Waals surface area contributed by atoms with Gasteiger partial charge < -0.3 is 4.57 Å². The number of benzene rings is 1. The summed E-state index contributed by atoms with van der Waals surface area (Å²) in [5.74, 6) is 0. The molecule has 114 valence electrons. The number of aryl methyl sites for hydroxylation is 2. The Labute approximate surface area is 116 Å². The standard InChI is InChI=1S/C14H11F6N/c1-8-3-4-9(2)21(8)12-6-10(13(15,16)17)5-11(7-12)14(18,19)20/h3-7H,1-2H3. The molecule has 21 heavy (non-hydrogen) atoms. The SMILES string of the molecule is Cc1ccc(C)n1-c1cc(C(F)(F)F)cc(C(F)(F)F)c1. The molecule has 0 fully saturated rings. The summed E-state index contributed by atoms with van der Waals surface area (Å²) in [7, 11) is 0. The molecule has 7 heteroatoms. The van der Waals surface area contributed by atoms with E-state index in [-0.39, 0.29) is 11.8 Å². The first-order valence-corrected chi connectivity index (χ1v) is 5.95. The minimum Gasteiger partial charge on any atom is -0.318 e. The third-order valence-electron chi connectivity index (χ3n) is 3.10. The number of nitrogens with zero attached hydrogens (tertiary/aromatic N) is 1. The highest BCUT2D eigenvalue weighted by Gasteiger charge is 2.37. The van der Waals surface area contributed by atoms with Gasteiger partial charge in [0.05, 0.1) is 11.1 Å². The van der Waals surface area contributed by atoms with Gasteiger partial charge in [0.1, 0.15) is 0 Å². The van der Waals surface area contributed by atoms with Gasteiger partial charge in [0.2, 0.25) is 0 Å². The molecule has 0 unspecified atom stereocenters. The summed E-state index contributed by atoms with van der Waals surface area (Å²) in [5, 5.41) is 0. The molecule has 1 heterocycles. The van der Waals surface area contributed by atoms with Gasteiger partial charge >= 0.3 is 12.4 Å². The molecular formula is C14H11F6N. The van der Waals surface area contributed by atoms with Crippen LogP contribution < -0.4 is 0 Å². The predicted octanol–water partition coefficient (Wildman–Crippen LogP) is 5.13. The van der Waals surface area contributed by atoms with Crippen LogP contribution in [0, 0.1) is 13.8 Å². The van der Waals surface area contributed by atoms with Gasteiger partial charge in [-0.3, -0.25) is 0 Å². The molecule has 0 aliphatic rings. The first-order valence-electron chi connectivity index (χ1n) is 5.95. The molecular weight excluding hydrogens is 296 g/mol. The Kier molecular flexibility index (Phi) is 3.55. The maximum atomic E-state index is 12.8. The Bertz CT molecular complexity index is 611. The largest absolute Gasteiger partial charge is 0.416 e. The molecule has 0 saturated carbocycles. The molecule has 1 nitrogen and oxygen atoms in total. The topological polar surface area (TPSA) is 4.93 Å². The third kappa shape index (κ3) is 3.06. The van der Waals surface area contributed by atoms with Gasteiger partial charge in [0.15, 0.2) is 0 Å². The molecule has 0 atom stereocenters. The van der Waals surface area contributed by atoms with E-state index in [0.29, 0.717) is 11.4 Å². The van der Waals surface area contributed by atoms with Crippen molar-refractivity contribution in [2.75, 3.05) is 0 Å². The molecule has 0 aliphatic heterocycles. The van der Waals surface area contributed by atoms with Crippen LogP contribution in [0.2, 0.25) is 0 Å². The van der Waals surface area contributed by atoms with E-state index in [1.54, 1.807) is 26.0 Å². The van der Waals surface area contributed by atoms with Crippen LogP contribution in [-0.2, 0) is 12.4 Å². The second kappa shape index (κ2) is 4.82. The molecule has 0 radical (unpaired) electrons. The van der Waals surface area contributed by atoms with Crippen molar-refractivity contribution in [1.29, 1.82) is 0 Å². The van der Waals surface area contributed by atoms with Gasteiger partial charge in [-0.15, -0.1) is 0 Å². The molecule has 0 N–H and O–H groups in total. The normalized spacial score (nSPS) is 12.8. The minimum atomic E-state index is -4.84. The van der Waals surface area contributed by atoms with Gasteiger partial charge in [-0.25, -0.2) is 0 Å². The quantitative estimate of drug-likeness (QED) is 0.644. The summed E-state index contributed by atoms with van der Waals surface area (Å²) in [5.41, 5.74) is -1.68. The van der Waals surface area contributed by atoms with Crippen molar-refractivity contribution in [3.05, 3.63) is 52.8 Å². The summed E-state index contributed by atoms with van der Waals surface area (Å²) in [6.45, 7) is 3.22. The molecule has 0 spiro atoms. The first-order chi connectivity index (χ1) is 9.50. The fourth-order valence-corrected chi connectivity index (χ4v) is 2.14. The van der Waals surface area contributed by atoms with Gasteiger partial charge in [0, 0.05) is 17.1 Å². The van der Waals surface area contributed by atoms with Crippen molar-refractivity contribution in [3.63, 3.8) is 0 Å². The highest BCUT2D eigenvalue weighted by atomic mass is 19.4. The number of rotatable bonds is 1. The Balaban J connectivity index is 2.73.